The molecule has 1 aromatic carbocycles. The number of halogens is 4. The van der Waals surface area contributed by atoms with E-state index in [1.165, 1.54) is 4.90 Å². The molecule has 9 heteroatoms. The Labute approximate surface area is 141 Å². The summed E-state index contributed by atoms with van der Waals surface area (Å²) >= 11 is 0. The van der Waals surface area contributed by atoms with Crippen molar-refractivity contribution in [2.45, 2.75) is 12.6 Å². The first kappa shape index (κ1) is 17.9. The number of hydrogen-bond acceptors (Lipinski definition) is 3. The molecule has 2 aliphatic heterocycles. The minimum atomic E-state index is -4.84. The van der Waals surface area contributed by atoms with Crippen LogP contribution in [0.5, 0.6) is 0 Å². The molecular formula is C16H18F4N2O3. The van der Waals surface area contributed by atoms with Gasteiger partial charge in [-0.3, -0.25) is 0 Å². The molecule has 2 fully saturated rings. The lowest BCUT2D eigenvalue weighted by molar-refractivity contribution is -0.139. The van der Waals surface area contributed by atoms with Crippen molar-refractivity contribution in [2.24, 2.45) is 11.3 Å². The Hall–Kier alpha value is -1.87. The van der Waals surface area contributed by atoms with E-state index in [4.69, 9.17) is 4.74 Å². The van der Waals surface area contributed by atoms with Gasteiger partial charge in [0.1, 0.15) is 5.82 Å². The molecule has 138 valence electrons. The number of nitrogens with zero attached hydrogens (tertiary/aromatic N) is 1. The number of aliphatic hydroxyl groups is 1. The number of carbonyl (C=O) groups is 1. The summed E-state index contributed by atoms with van der Waals surface area (Å²) in [5, 5.41) is 12.1. The van der Waals surface area contributed by atoms with Crippen LogP contribution < -0.4 is 5.32 Å². The van der Waals surface area contributed by atoms with Crippen LogP contribution in [0.15, 0.2) is 18.2 Å². The van der Waals surface area contributed by atoms with Gasteiger partial charge in [0.2, 0.25) is 0 Å². The first-order chi connectivity index (χ1) is 11.7. The van der Waals surface area contributed by atoms with Crippen molar-refractivity contribution in [3.05, 3.63) is 29.6 Å². The van der Waals surface area contributed by atoms with Gasteiger partial charge in [-0.2, -0.15) is 13.2 Å². The van der Waals surface area contributed by atoms with E-state index in [1.807, 2.05) is 0 Å². The van der Waals surface area contributed by atoms with Gasteiger partial charge in [-0.05, 0) is 24.6 Å². The lowest BCUT2D eigenvalue weighted by Gasteiger charge is -2.36. The van der Waals surface area contributed by atoms with Gasteiger partial charge in [-0.25, -0.2) is 9.18 Å². The Morgan fingerprint density at radius 1 is 1.44 bits per heavy atom. The molecule has 0 bridgehead atoms. The maximum absolute atomic E-state index is 13.3. The molecule has 2 saturated heterocycles. The second-order valence-electron chi connectivity index (χ2n) is 6.55. The number of aliphatic hydroxyl groups excluding tert-OH is 1. The number of rotatable bonds is 2. The molecule has 2 amide bonds. The van der Waals surface area contributed by atoms with Crippen molar-refractivity contribution in [2.75, 3.05) is 38.2 Å². The van der Waals surface area contributed by atoms with Crippen molar-refractivity contribution < 1.29 is 32.2 Å². The molecule has 25 heavy (non-hydrogen) atoms. The molecule has 0 spiro atoms. The number of carbonyl (C=O) groups excluding carboxylic acids is 1. The highest BCUT2D eigenvalue weighted by Gasteiger charge is 2.49. The fourth-order valence-corrected chi connectivity index (χ4v) is 3.48. The number of anilines is 1. The zero-order valence-electron chi connectivity index (χ0n) is 13.3. The third-order valence-corrected chi connectivity index (χ3v) is 5.00. The van der Waals surface area contributed by atoms with Crippen LogP contribution in [0.1, 0.15) is 12.0 Å². The quantitative estimate of drug-likeness (QED) is 0.796. The normalized spacial score (nSPS) is 26.4. The van der Waals surface area contributed by atoms with Crippen LogP contribution >= 0.6 is 0 Å². The van der Waals surface area contributed by atoms with E-state index in [-0.39, 0.29) is 18.2 Å². The summed E-state index contributed by atoms with van der Waals surface area (Å²) in [5.41, 5.74) is -2.00. The number of amides is 2. The average Bonchev–Trinajstić information content (AvgIpc) is 2.96. The van der Waals surface area contributed by atoms with Crippen LogP contribution in [0.2, 0.25) is 0 Å². The summed E-state index contributed by atoms with van der Waals surface area (Å²) in [6.45, 7) is 1.49. The summed E-state index contributed by atoms with van der Waals surface area (Å²) in [6, 6.07) is 1.74. The molecule has 2 heterocycles. The van der Waals surface area contributed by atoms with Gasteiger partial charge in [0.15, 0.2) is 0 Å². The molecule has 1 aromatic rings. The SMILES string of the molecule is O=C(Nc1ccc(F)c(C(F)(F)F)c1)N1C[C@@H]2COCC[C@]2(CO)C1. The van der Waals surface area contributed by atoms with Crippen molar-refractivity contribution in [3.63, 3.8) is 0 Å². The molecule has 0 aromatic heterocycles. The highest BCUT2D eigenvalue weighted by atomic mass is 19.4. The van der Waals surface area contributed by atoms with E-state index >= 15 is 0 Å². The van der Waals surface area contributed by atoms with Crippen LogP contribution in [0, 0.1) is 17.2 Å². The highest BCUT2D eigenvalue weighted by Crippen LogP contribution is 2.42. The standard InChI is InChI=1S/C16H18F4N2O3/c17-13-2-1-11(5-12(13)16(18,19)20)21-14(24)22-6-10-7-25-4-3-15(10,8-22)9-23/h1-2,5,10,23H,3-4,6-9H2,(H,21,24)/t10-,15-/m1/s1. The first-order valence-corrected chi connectivity index (χ1v) is 7.86. The number of benzene rings is 1. The van der Waals surface area contributed by atoms with Crippen LogP contribution in [-0.4, -0.2) is 48.9 Å². The van der Waals surface area contributed by atoms with Crippen molar-refractivity contribution in [1.82, 2.24) is 4.90 Å². The predicted molar refractivity (Wildman–Crippen MR) is 80.4 cm³/mol. The Balaban J connectivity index is 1.73. The number of alkyl halides is 3. The Bertz CT molecular complexity index is 667. The van der Waals surface area contributed by atoms with E-state index in [0.717, 1.165) is 6.07 Å². The Morgan fingerprint density at radius 3 is 2.84 bits per heavy atom. The molecule has 0 aliphatic carbocycles. The van der Waals surface area contributed by atoms with Crippen LogP contribution in [-0.2, 0) is 10.9 Å². The summed E-state index contributed by atoms with van der Waals surface area (Å²) in [6.07, 6.45) is -4.22. The van der Waals surface area contributed by atoms with E-state index in [0.29, 0.717) is 44.9 Å². The van der Waals surface area contributed by atoms with Crippen LogP contribution in [0.25, 0.3) is 0 Å². The van der Waals surface area contributed by atoms with Gasteiger partial charge in [0, 0.05) is 36.7 Å². The summed E-state index contributed by atoms with van der Waals surface area (Å²) in [4.78, 5) is 13.8. The van der Waals surface area contributed by atoms with E-state index in [1.54, 1.807) is 0 Å². The molecular weight excluding hydrogens is 344 g/mol. The number of hydrogen-bond donors (Lipinski definition) is 2. The lowest BCUT2D eigenvalue weighted by Crippen LogP contribution is -2.41. The Kier molecular flexibility index (Phi) is 4.63. The smallest absolute Gasteiger partial charge is 0.396 e. The van der Waals surface area contributed by atoms with Crippen LogP contribution in [0.4, 0.5) is 28.0 Å². The van der Waals surface area contributed by atoms with E-state index in [2.05, 4.69) is 5.32 Å². The van der Waals surface area contributed by atoms with Crippen molar-refractivity contribution >= 4 is 11.7 Å². The molecule has 2 atom stereocenters. The predicted octanol–water partition coefficient (Wildman–Crippen LogP) is 2.71. The van der Waals surface area contributed by atoms with Gasteiger partial charge in [0.25, 0.3) is 0 Å². The first-order valence-electron chi connectivity index (χ1n) is 7.86. The highest BCUT2D eigenvalue weighted by molar-refractivity contribution is 5.89. The van der Waals surface area contributed by atoms with E-state index < -0.39 is 29.0 Å². The van der Waals surface area contributed by atoms with Gasteiger partial charge < -0.3 is 20.1 Å². The maximum Gasteiger partial charge on any atom is 0.419 e. The molecule has 2 aliphatic rings. The third kappa shape index (κ3) is 3.43. The fraction of sp³-hybridized carbons (Fsp3) is 0.562. The number of ether oxygens (including phenoxy) is 1. The second-order valence-corrected chi connectivity index (χ2v) is 6.55. The van der Waals surface area contributed by atoms with E-state index in [9.17, 15) is 27.5 Å². The van der Waals surface area contributed by atoms with Gasteiger partial charge >= 0.3 is 12.2 Å². The summed E-state index contributed by atoms with van der Waals surface area (Å²) < 4.78 is 57.0. The Morgan fingerprint density at radius 2 is 2.20 bits per heavy atom. The molecule has 3 rings (SSSR count). The molecule has 0 radical (unpaired) electrons. The summed E-state index contributed by atoms with van der Waals surface area (Å²) in [5.74, 6) is -1.41. The number of nitrogens with one attached hydrogen (secondary N) is 1. The molecule has 0 saturated carbocycles. The van der Waals surface area contributed by atoms with Gasteiger partial charge in [0.05, 0.1) is 18.8 Å². The monoisotopic (exact) mass is 362 g/mol. The fourth-order valence-electron chi connectivity index (χ4n) is 3.48. The zero-order chi connectivity index (χ0) is 18.2. The third-order valence-electron chi connectivity index (χ3n) is 5.00. The van der Waals surface area contributed by atoms with Gasteiger partial charge in [-0.15, -0.1) is 0 Å². The topological polar surface area (TPSA) is 61.8 Å². The summed E-state index contributed by atoms with van der Waals surface area (Å²) in [7, 11) is 0. The van der Waals surface area contributed by atoms with Crippen molar-refractivity contribution in [3.8, 4) is 0 Å². The second kappa shape index (κ2) is 6.45. The molecule has 0 unspecified atom stereocenters. The molecule has 5 nitrogen and oxygen atoms in total. The molecule has 2 N–H and O–H groups in total. The minimum absolute atomic E-state index is 0.0176. The minimum Gasteiger partial charge on any atom is -0.396 e. The number of likely N-dealkylation sites (tertiary alicyclic amines) is 1. The lowest BCUT2D eigenvalue weighted by atomic mass is 9.75. The average molecular weight is 362 g/mol. The maximum atomic E-state index is 13.3. The van der Waals surface area contributed by atoms with Crippen LogP contribution in [0.3, 0.4) is 0 Å². The number of urea groups is 1. The van der Waals surface area contributed by atoms with Gasteiger partial charge in [-0.1, -0.05) is 0 Å². The zero-order valence-corrected chi connectivity index (χ0v) is 13.3. The largest absolute Gasteiger partial charge is 0.419 e. The van der Waals surface area contributed by atoms with Crippen molar-refractivity contribution in [1.29, 1.82) is 0 Å². The number of fused-ring (bicyclic) bond motifs is 1.